The zero-order valence-electron chi connectivity index (χ0n) is 35.5. The van der Waals surface area contributed by atoms with Crippen LogP contribution in [0.25, 0.3) is 21.8 Å². The second-order valence-electron chi connectivity index (χ2n) is 21.2. The third-order valence-corrected chi connectivity index (χ3v) is 14.8. The number of likely N-dealkylation sites (tertiary alicyclic amines) is 2. The van der Waals surface area contributed by atoms with Gasteiger partial charge in [0.25, 0.3) is 0 Å². The van der Waals surface area contributed by atoms with E-state index in [0.29, 0.717) is 52.0 Å². The Morgan fingerprint density at radius 2 is 1.30 bits per heavy atom. The minimum Gasteiger partial charge on any atom is -0.378 e. The number of piperidine rings is 1. The van der Waals surface area contributed by atoms with Crippen LogP contribution in [0.15, 0.2) is 60.7 Å². The summed E-state index contributed by atoms with van der Waals surface area (Å²) < 4.78 is 0. The van der Waals surface area contributed by atoms with E-state index >= 15 is 0 Å². The van der Waals surface area contributed by atoms with Crippen molar-refractivity contribution in [2.75, 3.05) is 61.1 Å². The number of fused-ring (bicyclic) bond motifs is 4. The highest BCUT2D eigenvalue weighted by Gasteiger charge is 2.75. The number of anilines is 5. The molecule has 3 aliphatic carbocycles. The standard InChI is InChI=1S/C48H63N7O2/c1-44(2)23-35-24-46(5,26-44)29-54(35)19-17-41(56)49-32-11-15-36-38(21-32)52-39-22-33(12-16-37(39)43(36)51-31-9-13-34(14-10-31)53(7)8)50-42(57)18-20-55-30-48-28-45(3,4)27-47(48,6)25-40(48)55/h9-16,21-22,35,40H,17-20,23-30H2,1-8H3,(H,49,56)(H,50,57)(H,51,52). The molecule has 1 spiro atoms. The van der Waals surface area contributed by atoms with Crippen LogP contribution in [0.2, 0.25) is 0 Å². The lowest BCUT2D eigenvalue weighted by Crippen LogP contribution is -2.77. The minimum atomic E-state index is 0.0251. The molecule has 5 unspecified atom stereocenters. The van der Waals surface area contributed by atoms with Gasteiger partial charge in [0, 0.05) is 104 Å². The summed E-state index contributed by atoms with van der Waals surface area (Å²) in [7, 11) is 4.08. The highest BCUT2D eigenvalue weighted by Crippen LogP contribution is 2.76. The molecule has 9 nitrogen and oxygen atoms in total. The summed E-state index contributed by atoms with van der Waals surface area (Å²) in [6, 6.07) is 21.6. The summed E-state index contributed by atoms with van der Waals surface area (Å²) in [6.07, 6.45) is 8.53. The smallest absolute Gasteiger partial charge is 0.225 e. The highest BCUT2D eigenvalue weighted by atomic mass is 16.2. The molecular weight excluding hydrogens is 707 g/mol. The zero-order chi connectivity index (χ0) is 40.1. The van der Waals surface area contributed by atoms with Crippen LogP contribution in [0.5, 0.6) is 0 Å². The molecule has 2 aliphatic heterocycles. The molecule has 3 N–H and O–H groups in total. The van der Waals surface area contributed by atoms with Crippen LogP contribution < -0.4 is 20.9 Å². The van der Waals surface area contributed by atoms with Gasteiger partial charge in [0.05, 0.1) is 16.7 Å². The molecule has 2 amide bonds. The lowest BCUT2D eigenvalue weighted by atomic mass is 9.44. The van der Waals surface area contributed by atoms with Crippen molar-refractivity contribution < 1.29 is 9.59 Å². The molecule has 2 saturated heterocycles. The minimum absolute atomic E-state index is 0.0251. The third-order valence-electron chi connectivity index (χ3n) is 14.8. The molecule has 9 rings (SSSR count). The SMILES string of the molecule is CN(C)c1ccc(Nc2c3ccc(NC(=O)CCN4CC5(C)CC4CC(C)(C)C5)cc3nc3cc(NC(=O)CCN4CC56CC(C)(C)CC5(C)CC46)ccc23)cc1. The van der Waals surface area contributed by atoms with Gasteiger partial charge in [-0.05, 0) is 121 Å². The van der Waals surface area contributed by atoms with Crippen molar-refractivity contribution in [3.05, 3.63) is 60.7 Å². The normalized spacial score (nSPS) is 29.6. The summed E-state index contributed by atoms with van der Waals surface area (Å²) >= 11 is 0. The summed E-state index contributed by atoms with van der Waals surface area (Å²) in [5.74, 6) is 0.0570. The molecule has 1 aromatic heterocycles. The lowest BCUT2D eigenvalue weighted by molar-refractivity contribution is -0.231. The van der Waals surface area contributed by atoms with E-state index in [-0.39, 0.29) is 11.8 Å². The first kappa shape index (κ1) is 38.3. The van der Waals surface area contributed by atoms with Crippen molar-refractivity contribution in [3.8, 4) is 0 Å². The first-order chi connectivity index (χ1) is 26.9. The number of carbonyl (C=O) groups is 2. The van der Waals surface area contributed by atoms with Gasteiger partial charge in [0.15, 0.2) is 0 Å². The van der Waals surface area contributed by atoms with E-state index in [4.69, 9.17) is 4.98 Å². The van der Waals surface area contributed by atoms with E-state index in [1.54, 1.807) is 0 Å². The number of hydrogen-bond acceptors (Lipinski definition) is 7. The fourth-order valence-electron chi connectivity index (χ4n) is 13.1. The maximum atomic E-state index is 13.4. The van der Waals surface area contributed by atoms with Crippen molar-refractivity contribution >= 4 is 62.1 Å². The third kappa shape index (κ3) is 6.96. The van der Waals surface area contributed by atoms with Crippen molar-refractivity contribution in [1.82, 2.24) is 14.8 Å². The number of aromatic nitrogens is 1. The summed E-state index contributed by atoms with van der Waals surface area (Å²) in [4.78, 5) is 39.0. The average molecular weight is 770 g/mol. The molecule has 3 heterocycles. The van der Waals surface area contributed by atoms with Gasteiger partial charge in [0.1, 0.15) is 0 Å². The van der Waals surface area contributed by atoms with E-state index in [2.05, 4.69) is 103 Å². The van der Waals surface area contributed by atoms with Crippen LogP contribution in [0.3, 0.4) is 0 Å². The molecular formula is C48H63N7O2. The van der Waals surface area contributed by atoms with Gasteiger partial charge in [-0.2, -0.15) is 0 Å². The number of pyridine rings is 1. The average Bonchev–Trinajstić information content (AvgIpc) is 3.48. The highest BCUT2D eigenvalue weighted by molar-refractivity contribution is 6.10. The molecule has 5 aliphatic rings. The Balaban J connectivity index is 0.912. The summed E-state index contributed by atoms with van der Waals surface area (Å²) in [6.45, 7) is 18.4. The molecule has 5 fully saturated rings. The fourth-order valence-corrected chi connectivity index (χ4v) is 13.1. The fraction of sp³-hybridized carbons (Fsp3) is 0.562. The Labute approximate surface area is 339 Å². The van der Waals surface area contributed by atoms with E-state index in [0.717, 1.165) is 76.4 Å². The maximum absolute atomic E-state index is 13.4. The lowest BCUT2D eigenvalue weighted by Gasteiger charge is -2.72. The number of hydrogen-bond donors (Lipinski definition) is 3. The molecule has 57 heavy (non-hydrogen) atoms. The monoisotopic (exact) mass is 770 g/mol. The maximum Gasteiger partial charge on any atom is 0.225 e. The van der Waals surface area contributed by atoms with Crippen LogP contribution in [-0.4, -0.2) is 79.0 Å². The van der Waals surface area contributed by atoms with Crippen LogP contribution >= 0.6 is 0 Å². The van der Waals surface area contributed by atoms with E-state index in [1.807, 2.05) is 44.4 Å². The van der Waals surface area contributed by atoms with Crippen molar-refractivity contribution in [1.29, 1.82) is 0 Å². The number of rotatable bonds is 11. The Bertz CT molecular complexity index is 2250. The number of carbonyl (C=O) groups excluding carboxylic acids is 2. The first-order valence-corrected chi connectivity index (χ1v) is 21.4. The molecule has 5 atom stereocenters. The summed E-state index contributed by atoms with van der Waals surface area (Å²) in [5.41, 5.74) is 8.12. The second-order valence-corrected chi connectivity index (χ2v) is 21.2. The molecule has 2 bridgehead atoms. The first-order valence-electron chi connectivity index (χ1n) is 21.4. The molecule has 302 valence electrons. The molecule has 4 aromatic rings. The number of nitrogens with zero attached hydrogens (tertiary/aromatic N) is 4. The second kappa shape index (κ2) is 13.4. The van der Waals surface area contributed by atoms with E-state index < -0.39 is 0 Å². The van der Waals surface area contributed by atoms with Gasteiger partial charge in [-0.15, -0.1) is 0 Å². The van der Waals surface area contributed by atoms with Gasteiger partial charge in [-0.25, -0.2) is 4.98 Å². The van der Waals surface area contributed by atoms with Crippen LogP contribution in [0.1, 0.15) is 92.9 Å². The van der Waals surface area contributed by atoms with Gasteiger partial charge in [-0.1, -0.05) is 41.5 Å². The van der Waals surface area contributed by atoms with Crippen molar-refractivity contribution in [2.24, 2.45) is 27.1 Å². The Morgan fingerprint density at radius 1 is 0.702 bits per heavy atom. The molecule has 3 aromatic carbocycles. The van der Waals surface area contributed by atoms with Gasteiger partial charge in [0.2, 0.25) is 11.8 Å². The molecule has 3 saturated carbocycles. The number of amides is 2. The Hall–Kier alpha value is -4.21. The topological polar surface area (TPSA) is 92.8 Å². The molecule has 0 radical (unpaired) electrons. The van der Waals surface area contributed by atoms with Crippen LogP contribution in [0.4, 0.5) is 28.4 Å². The quantitative estimate of drug-likeness (QED) is 0.131. The van der Waals surface area contributed by atoms with Gasteiger partial charge in [-0.3, -0.25) is 19.4 Å². The molecule has 9 heteroatoms. The van der Waals surface area contributed by atoms with Gasteiger partial charge >= 0.3 is 0 Å². The summed E-state index contributed by atoms with van der Waals surface area (Å²) in [5, 5.41) is 12.0. The van der Waals surface area contributed by atoms with Crippen molar-refractivity contribution in [2.45, 2.75) is 105 Å². The van der Waals surface area contributed by atoms with Crippen molar-refractivity contribution in [3.63, 3.8) is 0 Å². The van der Waals surface area contributed by atoms with Crippen LogP contribution in [-0.2, 0) is 9.59 Å². The number of benzene rings is 3. The van der Waals surface area contributed by atoms with Crippen LogP contribution in [0, 0.1) is 27.1 Å². The Kier molecular flexibility index (Phi) is 9.02. The Morgan fingerprint density at radius 3 is 1.88 bits per heavy atom. The largest absolute Gasteiger partial charge is 0.378 e. The predicted molar refractivity (Wildman–Crippen MR) is 234 cm³/mol. The number of nitrogens with one attached hydrogen (secondary N) is 3. The van der Waals surface area contributed by atoms with E-state index in [9.17, 15) is 9.59 Å². The van der Waals surface area contributed by atoms with E-state index in [1.165, 1.54) is 38.5 Å². The zero-order valence-corrected chi connectivity index (χ0v) is 35.5. The predicted octanol–water partition coefficient (Wildman–Crippen LogP) is 9.66. The van der Waals surface area contributed by atoms with Gasteiger partial charge < -0.3 is 20.9 Å².